The largest absolute Gasteiger partial charge is 0.468 e. The van der Waals surface area contributed by atoms with Crippen LogP contribution in [0.1, 0.15) is 6.42 Å². The van der Waals surface area contributed by atoms with E-state index in [-0.39, 0.29) is 9.89 Å². The lowest BCUT2D eigenvalue weighted by Gasteiger charge is -2.06. The van der Waals surface area contributed by atoms with Crippen LogP contribution in [0, 0.1) is 0 Å². The fourth-order valence-electron chi connectivity index (χ4n) is 0.381. The van der Waals surface area contributed by atoms with E-state index >= 15 is 0 Å². The Morgan fingerprint density at radius 2 is 2.00 bits per heavy atom. The summed E-state index contributed by atoms with van der Waals surface area (Å²) in [5, 5.41) is 0. The Morgan fingerprint density at radius 3 is 2.30 bits per heavy atom. The van der Waals surface area contributed by atoms with Gasteiger partial charge in [-0.05, 0) is 6.42 Å². The number of carbonyl (C=O) groups is 1. The number of carbonyl (C=O) groups excluding carboxylic acids is 1. The average Bonchev–Trinajstić information content (AvgIpc) is 1.85. The second-order valence-electron chi connectivity index (χ2n) is 1.62. The summed E-state index contributed by atoms with van der Waals surface area (Å²) < 4.78 is 5.06. The van der Waals surface area contributed by atoms with E-state index in [9.17, 15) is 4.79 Å². The van der Waals surface area contributed by atoms with E-state index in [2.05, 4.69) is 72.5 Å². The zero-order valence-corrected chi connectivity index (χ0v) is 11.8. The molecule has 1 atom stereocenters. The van der Waals surface area contributed by atoms with Gasteiger partial charge in [-0.25, -0.2) is 0 Å². The van der Waals surface area contributed by atoms with Gasteiger partial charge in [-0.3, -0.25) is 4.79 Å². The standard InChI is InChI=1S/C5H7I3O2/c1-10-5(9)3(6)2-4(7)8/h3-4H,2H2,1H3. The summed E-state index contributed by atoms with van der Waals surface area (Å²) >= 11 is 6.66. The predicted molar refractivity (Wildman–Crippen MR) is 66.3 cm³/mol. The van der Waals surface area contributed by atoms with Gasteiger partial charge in [0.15, 0.2) is 0 Å². The van der Waals surface area contributed by atoms with Crippen LogP contribution in [0.15, 0.2) is 0 Å². The molecule has 0 aromatic carbocycles. The summed E-state index contributed by atoms with van der Waals surface area (Å²) in [5.74, 6) is -0.126. The van der Waals surface area contributed by atoms with Crippen LogP contribution in [-0.2, 0) is 9.53 Å². The monoisotopic (exact) mass is 480 g/mol. The molecule has 0 aromatic heterocycles. The van der Waals surface area contributed by atoms with E-state index in [1.807, 2.05) is 0 Å². The van der Waals surface area contributed by atoms with Crippen molar-refractivity contribution in [3.05, 3.63) is 0 Å². The lowest BCUT2D eigenvalue weighted by molar-refractivity contribution is -0.139. The van der Waals surface area contributed by atoms with Crippen LogP contribution in [0.25, 0.3) is 0 Å². The molecule has 0 saturated heterocycles. The van der Waals surface area contributed by atoms with Crippen molar-refractivity contribution in [2.75, 3.05) is 7.11 Å². The molecule has 2 nitrogen and oxygen atoms in total. The molecule has 0 rings (SSSR count). The van der Waals surface area contributed by atoms with Gasteiger partial charge in [0, 0.05) is 0 Å². The first kappa shape index (κ1) is 11.7. The predicted octanol–water partition coefficient (Wildman–Crippen LogP) is 2.55. The van der Waals surface area contributed by atoms with E-state index in [1.54, 1.807) is 0 Å². The molecular weight excluding hydrogens is 473 g/mol. The van der Waals surface area contributed by atoms with E-state index < -0.39 is 0 Å². The number of ether oxygens (including phenoxy) is 1. The van der Waals surface area contributed by atoms with Crippen molar-refractivity contribution in [3.8, 4) is 0 Å². The van der Waals surface area contributed by atoms with Crippen molar-refractivity contribution in [1.29, 1.82) is 0 Å². The molecule has 1 unspecified atom stereocenters. The zero-order valence-electron chi connectivity index (χ0n) is 5.31. The average molecular weight is 480 g/mol. The molecule has 0 N–H and O–H groups in total. The summed E-state index contributed by atoms with van der Waals surface area (Å²) in [6, 6.07) is 0. The second-order valence-corrected chi connectivity index (χ2v) is 8.51. The lowest BCUT2D eigenvalue weighted by Crippen LogP contribution is -2.17. The van der Waals surface area contributed by atoms with Crippen LogP contribution in [0.5, 0.6) is 0 Å². The van der Waals surface area contributed by atoms with Crippen LogP contribution in [0.4, 0.5) is 0 Å². The second kappa shape index (κ2) is 6.21. The Labute approximate surface area is 101 Å². The molecule has 10 heavy (non-hydrogen) atoms. The maximum absolute atomic E-state index is 10.8. The molecule has 0 bridgehead atoms. The maximum atomic E-state index is 10.8. The molecular formula is C5H7I3O2. The summed E-state index contributed by atoms with van der Waals surface area (Å²) in [6.07, 6.45) is 0.869. The first-order valence-electron chi connectivity index (χ1n) is 2.58. The van der Waals surface area contributed by atoms with Crippen molar-refractivity contribution in [2.45, 2.75) is 12.3 Å². The highest BCUT2D eigenvalue weighted by atomic mass is 127. The maximum Gasteiger partial charge on any atom is 0.318 e. The Kier molecular flexibility index (Phi) is 7.24. The van der Waals surface area contributed by atoms with Crippen LogP contribution in [0.3, 0.4) is 0 Å². The van der Waals surface area contributed by atoms with Crippen molar-refractivity contribution < 1.29 is 9.53 Å². The SMILES string of the molecule is COC(=O)C(I)CC(I)I. The number of alkyl halides is 3. The lowest BCUT2D eigenvalue weighted by atomic mass is 10.3. The normalized spacial score (nSPS) is 13.3. The summed E-state index contributed by atoms with van der Waals surface area (Å²) in [6.45, 7) is 0. The Morgan fingerprint density at radius 1 is 1.50 bits per heavy atom. The third kappa shape index (κ3) is 5.33. The highest BCUT2D eigenvalue weighted by Gasteiger charge is 2.17. The number of halogens is 3. The van der Waals surface area contributed by atoms with Gasteiger partial charge in [0.25, 0.3) is 0 Å². The molecule has 0 aliphatic carbocycles. The highest BCUT2D eigenvalue weighted by molar-refractivity contribution is 14.2. The van der Waals surface area contributed by atoms with Gasteiger partial charge in [0.05, 0.1) is 9.04 Å². The Hall–Kier alpha value is 1.66. The van der Waals surface area contributed by atoms with Crippen molar-refractivity contribution in [1.82, 2.24) is 0 Å². The van der Waals surface area contributed by atoms with E-state index in [0.717, 1.165) is 6.42 Å². The van der Waals surface area contributed by atoms with Gasteiger partial charge in [-0.1, -0.05) is 67.8 Å². The highest BCUT2D eigenvalue weighted by Crippen LogP contribution is 2.21. The summed E-state index contributed by atoms with van der Waals surface area (Å²) in [4.78, 5) is 10.8. The van der Waals surface area contributed by atoms with E-state index in [4.69, 9.17) is 0 Å². The van der Waals surface area contributed by atoms with E-state index in [1.165, 1.54) is 7.11 Å². The minimum atomic E-state index is -0.126. The topological polar surface area (TPSA) is 26.3 Å². The molecule has 0 amide bonds. The zero-order chi connectivity index (χ0) is 8.15. The van der Waals surface area contributed by atoms with Gasteiger partial charge in [0.1, 0.15) is 3.92 Å². The minimum Gasteiger partial charge on any atom is -0.468 e. The van der Waals surface area contributed by atoms with Crippen molar-refractivity contribution in [3.63, 3.8) is 0 Å². The van der Waals surface area contributed by atoms with E-state index in [0.29, 0.717) is 1.93 Å². The van der Waals surface area contributed by atoms with Gasteiger partial charge >= 0.3 is 5.97 Å². The Bertz CT molecular complexity index is 115. The molecule has 0 saturated carbocycles. The third-order valence-electron chi connectivity index (χ3n) is 0.842. The molecule has 0 aromatic rings. The first-order valence-corrected chi connectivity index (χ1v) is 6.31. The summed E-state index contributed by atoms with van der Waals surface area (Å²) in [5.41, 5.74) is 0. The Balaban J connectivity index is 3.61. The van der Waals surface area contributed by atoms with Gasteiger partial charge in [0.2, 0.25) is 0 Å². The smallest absolute Gasteiger partial charge is 0.318 e. The number of esters is 1. The third-order valence-corrected chi connectivity index (χ3v) is 2.88. The molecule has 0 fully saturated rings. The van der Waals surface area contributed by atoms with Crippen molar-refractivity contribution >= 4 is 73.7 Å². The van der Waals surface area contributed by atoms with Crippen LogP contribution >= 0.6 is 67.8 Å². The van der Waals surface area contributed by atoms with Crippen LogP contribution < -0.4 is 0 Å². The molecule has 0 aliphatic heterocycles. The fraction of sp³-hybridized carbons (Fsp3) is 0.800. The first-order chi connectivity index (χ1) is 4.57. The molecule has 0 aliphatic rings. The molecule has 5 heteroatoms. The fourth-order valence-corrected chi connectivity index (χ4v) is 4.11. The number of hydrogen-bond donors (Lipinski definition) is 0. The van der Waals surface area contributed by atoms with Crippen molar-refractivity contribution in [2.24, 2.45) is 0 Å². The molecule has 60 valence electrons. The quantitative estimate of drug-likeness (QED) is 0.353. The number of hydrogen-bond acceptors (Lipinski definition) is 2. The molecule has 0 heterocycles. The number of methoxy groups -OCH3 is 1. The van der Waals surface area contributed by atoms with Crippen LogP contribution in [0.2, 0.25) is 0 Å². The minimum absolute atomic E-state index is 0.00130. The molecule has 0 spiro atoms. The van der Waals surface area contributed by atoms with Gasteiger partial charge in [-0.2, -0.15) is 0 Å². The van der Waals surface area contributed by atoms with Gasteiger partial charge in [-0.15, -0.1) is 0 Å². The number of rotatable bonds is 3. The van der Waals surface area contributed by atoms with Crippen LogP contribution in [-0.4, -0.2) is 18.9 Å². The van der Waals surface area contributed by atoms with Gasteiger partial charge < -0.3 is 4.74 Å². The molecule has 0 radical (unpaired) electrons. The summed E-state index contributed by atoms with van der Waals surface area (Å²) in [7, 11) is 1.42.